The van der Waals surface area contributed by atoms with Crippen molar-refractivity contribution < 1.29 is 9.59 Å². The van der Waals surface area contributed by atoms with Crippen molar-refractivity contribution in [3.63, 3.8) is 0 Å². The lowest BCUT2D eigenvalue weighted by molar-refractivity contribution is 0.0973. The van der Waals surface area contributed by atoms with E-state index in [0.29, 0.717) is 11.5 Å². The molecule has 7 nitrogen and oxygen atoms in total. The minimum absolute atomic E-state index is 0.0663. The lowest BCUT2D eigenvalue weighted by atomic mass is 10.0. The highest BCUT2D eigenvalue weighted by atomic mass is 16.2. The van der Waals surface area contributed by atoms with Crippen LogP contribution < -0.4 is 10.6 Å². The van der Waals surface area contributed by atoms with E-state index in [9.17, 15) is 9.59 Å². The number of hydrogen-bond acceptors (Lipinski definition) is 4. The minimum Gasteiger partial charge on any atom is -0.338 e. The maximum atomic E-state index is 12.9. The Morgan fingerprint density at radius 2 is 1.85 bits per heavy atom. The molecule has 3 amide bonds. The number of aromatic nitrogens is 1. The van der Waals surface area contributed by atoms with Gasteiger partial charge in [0, 0.05) is 56.3 Å². The Balaban J connectivity index is 1.40. The molecule has 1 aromatic carbocycles. The van der Waals surface area contributed by atoms with Crippen LogP contribution in [0, 0.1) is 33.6 Å². The molecule has 1 saturated heterocycles. The van der Waals surface area contributed by atoms with Crippen molar-refractivity contribution in [1.82, 2.24) is 20.1 Å². The molecule has 2 heterocycles. The van der Waals surface area contributed by atoms with E-state index in [0.717, 1.165) is 60.8 Å². The van der Waals surface area contributed by atoms with E-state index in [1.165, 1.54) is 18.4 Å². The van der Waals surface area contributed by atoms with Crippen LogP contribution in [0.5, 0.6) is 0 Å². The van der Waals surface area contributed by atoms with Gasteiger partial charge in [0.2, 0.25) is 0 Å². The fourth-order valence-electron chi connectivity index (χ4n) is 4.56. The largest absolute Gasteiger partial charge is 0.338 e. The lowest BCUT2D eigenvalue weighted by Gasteiger charge is -2.40. The number of aryl methyl sites for hydroxylation is 3. The molecule has 1 aromatic heterocycles. The molecule has 2 N–H and O–H groups in total. The fraction of sp³-hybridized carbons (Fsp3) is 0.519. The second-order valence-corrected chi connectivity index (χ2v) is 10.1. The van der Waals surface area contributed by atoms with E-state index in [-0.39, 0.29) is 18.0 Å². The first-order valence-electron chi connectivity index (χ1n) is 12.3. The molecule has 7 heteroatoms. The van der Waals surface area contributed by atoms with E-state index in [2.05, 4.69) is 47.4 Å². The first-order valence-corrected chi connectivity index (χ1v) is 12.3. The summed E-state index contributed by atoms with van der Waals surface area (Å²) in [5.74, 6) is 0.542. The number of urea groups is 1. The summed E-state index contributed by atoms with van der Waals surface area (Å²) in [5.41, 5.74) is 6.73. The SMILES string of the molecule is Cc1cc(CN2CCN(C(=O)NCC3CC3)[C@@H](C)C2)c(C)c(NC(=O)c2cnc(C)c(C)c2)c1. The Bertz CT molecular complexity index is 1080. The van der Waals surface area contributed by atoms with Gasteiger partial charge in [0.25, 0.3) is 5.91 Å². The Morgan fingerprint density at radius 3 is 2.53 bits per heavy atom. The molecule has 1 aliphatic heterocycles. The number of nitrogens with one attached hydrogen (secondary N) is 2. The molecule has 2 fully saturated rings. The molecule has 1 atom stereocenters. The molecular weight excluding hydrogens is 426 g/mol. The lowest BCUT2D eigenvalue weighted by Crippen LogP contribution is -2.56. The third-order valence-electron chi connectivity index (χ3n) is 7.12. The fourth-order valence-corrected chi connectivity index (χ4v) is 4.56. The molecule has 2 aliphatic rings. The van der Waals surface area contributed by atoms with Crippen molar-refractivity contribution >= 4 is 17.6 Å². The molecule has 4 rings (SSSR count). The van der Waals surface area contributed by atoms with Crippen LogP contribution in [0.3, 0.4) is 0 Å². The molecule has 0 spiro atoms. The van der Waals surface area contributed by atoms with Crippen LogP contribution in [0.4, 0.5) is 10.5 Å². The zero-order valence-corrected chi connectivity index (χ0v) is 21.1. The van der Waals surface area contributed by atoms with E-state index in [4.69, 9.17) is 0 Å². The van der Waals surface area contributed by atoms with Crippen molar-refractivity contribution in [2.24, 2.45) is 5.92 Å². The summed E-state index contributed by atoms with van der Waals surface area (Å²) in [6.45, 7) is 14.1. The van der Waals surface area contributed by atoms with Crippen molar-refractivity contribution in [1.29, 1.82) is 0 Å². The van der Waals surface area contributed by atoms with Crippen LogP contribution in [-0.2, 0) is 6.54 Å². The van der Waals surface area contributed by atoms with E-state index >= 15 is 0 Å². The first kappa shape index (κ1) is 24.2. The summed E-state index contributed by atoms with van der Waals surface area (Å²) < 4.78 is 0. The number of hydrogen-bond donors (Lipinski definition) is 2. The number of carbonyl (C=O) groups is 2. The predicted molar refractivity (Wildman–Crippen MR) is 135 cm³/mol. The highest BCUT2D eigenvalue weighted by molar-refractivity contribution is 6.04. The standard InChI is InChI=1S/C27H37N5O2/c1-17-10-24(16-31-8-9-32(19(3)15-31)27(34)29-13-22-6-7-22)20(4)25(11-17)30-26(33)23-12-18(2)21(5)28-14-23/h10-12,14,19,22H,6-9,13,15-16H2,1-5H3,(H,29,34)(H,30,33)/t19-/m0/s1. The van der Waals surface area contributed by atoms with Crippen LogP contribution in [0.2, 0.25) is 0 Å². The molecule has 2 aromatic rings. The number of anilines is 1. The monoisotopic (exact) mass is 463 g/mol. The topological polar surface area (TPSA) is 77.6 Å². The van der Waals surface area contributed by atoms with Crippen LogP contribution in [0.25, 0.3) is 0 Å². The molecule has 0 bridgehead atoms. The predicted octanol–water partition coefficient (Wildman–Crippen LogP) is 4.19. The molecule has 0 unspecified atom stereocenters. The number of carbonyl (C=O) groups excluding carboxylic acids is 2. The molecule has 1 aliphatic carbocycles. The van der Waals surface area contributed by atoms with Crippen LogP contribution in [-0.4, -0.2) is 58.9 Å². The van der Waals surface area contributed by atoms with Gasteiger partial charge in [0.05, 0.1) is 5.56 Å². The molecule has 182 valence electrons. The second-order valence-electron chi connectivity index (χ2n) is 10.1. The summed E-state index contributed by atoms with van der Waals surface area (Å²) in [6.07, 6.45) is 4.11. The van der Waals surface area contributed by atoms with Crippen molar-refractivity contribution in [3.05, 3.63) is 57.9 Å². The molecule has 1 saturated carbocycles. The highest BCUT2D eigenvalue weighted by Gasteiger charge is 2.29. The number of piperazine rings is 1. The Labute approximate surface area is 202 Å². The average Bonchev–Trinajstić information content (AvgIpc) is 3.62. The quantitative estimate of drug-likeness (QED) is 0.673. The van der Waals surface area contributed by atoms with Gasteiger partial charge in [0.1, 0.15) is 0 Å². The average molecular weight is 464 g/mol. The zero-order chi connectivity index (χ0) is 24.4. The Kier molecular flexibility index (Phi) is 7.22. The maximum absolute atomic E-state index is 12.9. The number of pyridine rings is 1. The van der Waals surface area contributed by atoms with Gasteiger partial charge in [-0.1, -0.05) is 6.07 Å². The number of rotatable bonds is 6. The van der Waals surface area contributed by atoms with Gasteiger partial charge >= 0.3 is 6.03 Å². The van der Waals surface area contributed by atoms with E-state index in [1.54, 1.807) is 6.20 Å². The Morgan fingerprint density at radius 1 is 1.09 bits per heavy atom. The third kappa shape index (κ3) is 5.76. The van der Waals surface area contributed by atoms with Crippen molar-refractivity contribution in [3.8, 4) is 0 Å². The van der Waals surface area contributed by atoms with Crippen LogP contribution >= 0.6 is 0 Å². The van der Waals surface area contributed by atoms with E-state index in [1.807, 2.05) is 30.9 Å². The van der Waals surface area contributed by atoms with Crippen LogP contribution in [0.15, 0.2) is 24.4 Å². The molecule has 0 radical (unpaired) electrons. The van der Waals surface area contributed by atoms with Gasteiger partial charge in [-0.25, -0.2) is 4.79 Å². The summed E-state index contributed by atoms with van der Waals surface area (Å²) in [4.78, 5) is 34.1. The van der Waals surface area contributed by atoms with Gasteiger partial charge in [-0.05, 0) is 87.8 Å². The van der Waals surface area contributed by atoms with Crippen LogP contribution in [0.1, 0.15) is 58.1 Å². The van der Waals surface area contributed by atoms with Gasteiger partial charge in [0.15, 0.2) is 0 Å². The summed E-state index contributed by atoms with van der Waals surface area (Å²) in [7, 11) is 0. The van der Waals surface area contributed by atoms with Crippen molar-refractivity contribution in [2.75, 3.05) is 31.5 Å². The second kappa shape index (κ2) is 10.1. The minimum atomic E-state index is -0.144. The van der Waals surface area contributed by atoms with Gasteiger partial charge in [-0.3, -0.25) is 14.7 Å². The maximum Gasteiger partial charge on any atom is 0.317 e. The summed E-state index contributed by atoms with van der Waals surface area (Å²) in [5, 5.41) is 6.19. The first-order chi connectivity index (χ1) is 16.2. The normalized spacial score (nSPS) is 18.6. The summed E-state index contributed by atoms with van der Waals surface area (Å²) in [6, 6.07) is 6.33. The Hall–Kier alpha value is -2.93. The zero-order valence-electron chi connectivity index (χ0n) is 21.1. The van der Waals surface area contributed by atoms with Gasteiger partial charge in [-0.2, -0.15) is 0 Å². The van der Waals surface area contributed by atoms with Gasteiger partial charge < -0.3 is 15.5 Å². The number of amides is 3. The number of nitrogens with zero attached hydrogens (tertiary/aromatic N) is 3. The smallest absolute Gasteiger partial charge is 0.317 e. The van der Waals surface area contributed by atoms with Crippen molar-refractivity contribution in [2.45, 2.75) is 60.0 Å². The molecular formula is C27H37N5O2. The highest BCUT2D eigenvalue weighted by Crippen LogP contribution is 2.28. The molecule has 34 heavy (non-hydrogen) atoms. The van der Waals surface area contributed by atoms with E-state index < -0.39 is 0 Å². The number of benzene rings is 1. The third-order valence-corrected chi connectivity index (χ3v) is 7.12. The van der Waals surface area contributed by atoms with Gasteiger partial charge in [-0.15, -0.1) is 0 Å². The summed E-state index contributed by atoms with van der Waals surface area (Å²) >= 11 is 0.